The van der Waals surface area contributed by atoms with E-state index in [0.717, 1.165) is 5.56 Å². The zero-order valence-corrected chi connectivity index (χ0v) is 9.68. The summed E-state index contributed by atoms with van der Waals surface area (Å²) in [6.45, 7) is 1.92. The third kappa shape index (κ3) is 2.58. The molecule has 1 N–H and O–H groups in total. The Balaban J connectivity index is 2.27. The zero-order chi connectivity index (χ0) is 12.3. The van der Waals surface area contributed by atoms with Crippen molar-refractivity contribution in [2.24, 2.45) is 10.2 Å². The van der Waals surface area contributed by atoms with Gasteiger partial charge in [0.15, 0.2) is 11.5 Å². The largest absolute Gasteiger partial charge is 0.510 e. The van der Waals surface area contributed by atoms with Crippen LogP contribution in [0.2, 0.25) is 0 Å². The molecule has 0 fully saturated rings. The van der Waals surface area contributed by atoms with Crippen molar-refractivity contribution in [1.29, 1.82) is 0 Å². The van der Waals surface area contributed by atoms with Crippen molar-refractivity contribution >= 4 is 11.5 Å². The van der Waals surface area contributed by atoms with Crippen LogP contribution in [0.3, 0.4) is 0 Å². The van der Waals surface area contributed by atoms with E-state index >= 15 is 0 Å². The average Bonchev–Trinajstić information content (AvgIpc) is 2.30. The Morgan fingerprint density at radius 2 is 1.94 bits per heavy atom. The molecule has 0 aromatic heterocycles. The van der Waals surface area contributed by atoms with Crippen molar-refractivity contribution < 1.29 is 9.90 Å². The molecule has 1 aromatic carbocycles. The fourth-order valence-electron chi connectivity index (χ4n) is 1.71. The van der Waals surface area contributed by atoms with E-state index in [1.807, 2.05) is 31.2 Å². The van der Waals surface area contributed by atoms with Crippen LogP contribution in [0, 0.1) is 6.92 Å². The van der Waals surface area contributed by atoms with E-state index in [1.165, 1.54) is 0 Å². The summed E-state index contributed by atoms with van der Waals surface area (Å²) < 4.78 is 0. The van der Waals surface area contributed by atoms with Crippen LogP contribution in [-0.2, 0) is 4.79 Å². The molecule has 0 aliphatic heterocycles. The van der Waals surface area contributed by atoms with Gasteiger partial charge in [-0.3, -0.25) is 4.79 Å². The second-order valence-electron chi connectivity index (χ2n) is 4.06. The Morgan fingerprint density at radius 1 is 1.18 bits per heavy atom. The van der Waals surface area contributed by atoms with E-state index in [4.69, 9.17) is 0 Å². The fraction of sp³-hybridized carbons (Fsp3) is 0.308. The number of Topliss-reactive ketones (excluding diaryl/α,β-unsaturated/α-hetero) is 1. The number of hydrogen-bond donors (Lipinski definition) is 1. The minimum absolute atomic E-state index is 0.0542. The van der Waals surface area contributed by atoms with Crippen LogP contribution in [0.15, 0.2) is 46.0 Å². The number of allylic oxidation sites excluding steroid dienone is 2. The van der Waals surface area contributed by atoms with E-state index in [1.54, 1.807) is 0 Å². The van der Waals surface area contributed by atoms with Gasteiger partial charge in [-0.25, -0.2) is 0 Å². The highest BCUT2D eigenvalue weighted by atomic mass is 16.3. The maximum atomic E-state index is 11.5. The van der Waals surface area contributed by atoms with Gasteiger partial charge in [-0.05, 0) is 25.0 Å². The van der Waals surface area contributed by atoms with Crippen LogP contribution in [0.25, 0.3) is 0 Å². The molecule has 0 heterocycles. The summed E-state index contributed by atoms with van der Waals surface area (Å²) in [7, 11) is 0. The Bertz CT molecular complexity index is 504. The first kappa shape index (κ1) is 11.5. The smallest absolute Gasteiger partial charge is 0.186 e. The molecule has 0 atom stereocenters. The Kier molecular flexibility index (Phi) is 3.32. The van der Waals surface area contributed by atoms with Gasteiger partial charge in [0.05, 0.1) is 5.69 Å². The molecule has 0 spiro atoms. The molecule has 17 heavy (non-hydrogen) atoms. The van der Waals surface area contributed by atoms with Crippen LogP contribution < -0.4 is 0 Å². The van der Waals surface area contributed by atoms with Crippen molar-refractivity contribution in [3.05, 3.63) is 41.3 Å². The van der Waals surface area contributed by atoms with E-state index in [0.29, 0.717) is 24.9 Å². The van der Waals surface area contributed by atoms with Gasteiger partial charge in [0.2, 0.25) is 0 Å². The van der Waals surface area contributed by atoms with Crippen molar-refractivity contribution in [2.75, 3.05) is 0 Å². The van der Waals surface area contributed by atoms with Gasteiger partial charge in [0.1, 0.15) is 5.76 Å². The van der Waals surface area contributed by atoms with Gasteiger partial charge in [0.25, 0.3) is 0 Å². The normalized spacial score (nSPS) is 16.9. The molecule has 0 amide bonds. The maximum absolute atomic E-state index is 11.5. The molecule has 1 aliphatic rings. The predicted octanol–water partition coefficient (Wildman–Crippen LogP) is 3.60. The van der Waals surface area contributed by atoms with Gasteiger partial charge in [0, 0.05) is 12.8 Å². The summed E-state index contributed by atoms with van der Waals surface area (Å²) in [6, 6.07) is 7.52. The van der Waals surface area contributed by atoms with Crippen LogP contribution >= 0.6 is 0 Å². The molecule has 0 bridgehead atoms. The highest BCUT2D eigenvalue weighted by Crippen LogP contribution is 2.24. The van der Waals surface area contributed by atoms with Gasteiger partial charge >= 0.3 is 0 Å². The van der Waals surface area contributed by atoms with E-state index in [-0.39, 0.29) is 17.2 Å². The molecule has 0 radical (unpaired) electrons. The zero-order valence-electron chi connectivity index (χ0n) is 9.68. The molecular weight excluding hydrogens is 216 g/mol. The van der Waals surface area contributed by atoms with Crippen LogP contribution in [-0.4, -0.2) is 10.9 Å². The number of nitrogens with zero attached hydrogens (tertiary/aromatic N) is 2. The second-order valence-corrected chi connectivity index (χ2v) is 4.06. The minimum atomic E-state index is -0.133. The summed E-state index contributed by atoms with van der Waals surface area (Å²) in [4.78, 5) is 11.5. The quantitative estimate of drug-likeness (QED) is 0.789. The van der Waals surface area contributed by atoms with E-state index in [2.05, 4.69) is 10.2 Å². The van der Waals surface area contributed by atoms with Crippen molar-refractivity contribution in [1.82, 2.24) is 0 Å². The molecule has 2 rings (SSSR count). The van der Waals surface area contributed by atoms with Gasteiger partial charge in [-0.1, -0.05) is 18.2 Å². The summed E-state index contributed by atoms with van der Waals surface area (Å²) in [6.07, 6.45) is 1.63. The molecule has 4 heteroatoms. The summed E-state index contributed by atoms with van der Waals surface area (Å²) in [5, 5.41) is 17.5. The molecule has 0 saturated heterocycles. The lowest BCUT2D eigenvalue weighted by atomic mass is 10.0. The van der Waals surface area contributed by atoms with Crippen LogP contribution in [0.1, 0.15) is 24.8 Å². The molecule has 1 aromatic rings. The van der Waals surface area contributed by atoms with Crippen molar-refractivity contribution in [3.63, 3.8) is 0 Å². The summed E-state index contributed by atoms with van der Waals surface area (Å²) in [5.74, 6) is -0.0790. The number of aliphatic hydroxyl groups is 1. The highest BCUT2D eigenvalue weighted by molar-refractivity contribution is 5.96. The average molecular weight is 230 g/mol. The lowest BCUT2D eigenvalue weighted by molar-refractivity contribution is -0.116. The SMILES string of the molecule is Cc1ccccc1N=NC1=C(O)CCCC1=O. The molecular formula is C13H14N2O2. The fourth-order valence-corrected chi connectivity index (χ4v) is 1.71. The standard InChI is InChI=1S/C13H14N2O2/c1-9-5-2-3-6-10(9)14-15-13-11(16)7-4-8-12(13)17/h2-3,5-6,16H,4,7-8H2,1H3. The number of azo groups is 1. The lowest BCUT2D eigenvalue weighted by Crippen LogP contribution is -2.09. The third-order valence-electron chi connectivity index (χ3n) is 2.73. The van der Waals surface area contributed by atoms with E-state index < -0.39 is 0 Å². The number of hydrogen-bond acceptors (Lipinski definition) is 4. The number of aliphatic hydroxyl groups excluding tert-OH is 1. The molecule has 4 nitrogen and oxygen atoms in total. The Hall–Kier alpha value is -1.97. The first-order chi connectivity index (χ1) is 8.18. The van der Waals surface area contributed by atoms with Crippen LogP contribution in [0.4, 0.5) is 5.69 Å². The van der Waals surface area contributed by atoms with Gasteiger partial charge < -0.3 is 5.11 Å². The number of benzene rings is 1. The first-order valence-corrected chi connectivity index (χ1v) is 5.61. The molecule has 0 saturated carbocycles. The first-order valence-electron chi connectivity index (χ1n) is 5.61. The van der Waals surface area contributed by atoms with Gasteiger partial charge in [-0.2, -0.15) is 5.11 Å². The Labute approximate surface area is 99.7 Å². The Morgan fingerprint density at radius 3 is 2.65 bits per heavy atom. The number of carbonyl (C=O) groups excluding carboxylic acids is 1. The molecule has 1 aliphatic carbocycles. The van der Waals surface area contributed by atoms with Crippen molar-refractivity contribution in [3.8, 4) is 0 Å². The number of rotatable bonds is 2. The second kappa shape index (κ2) is 4.91. The van der Waals surface area contributed by atoms with Gasteiger partial charge in [-0.15, -0.1) is 5.11 Å². The summed E-state index contributed by atoms with van der Waals surface area (Å²) in [5.41, 5.74) is 1.81. The molecule has 88 valence electrons. The lowest BCUT2D eigenvalue weighted by Gasteiger charge is -2.10. The number of aryl methyl sites for hydroxylation is 1. The highest BCUT2D eigenvalue weighted by Gasteiger charge is 2.20. The minimum Gasteiger partial charge on any atom is -0.510 e. The predicted molar refractivity (Wildman–Crippen MR) is 64.2 cm³/mol. The van der Waals surface area contributed by atoms with E-state index in [9.17, 15) is 9.90 Å². The number of carbonyl (C=O) groups is 1. The van der Waals surface area contributed by atoms with Crippen LogP contribution in [0.5, 0.6) is 0 Å². The third-order valence-corrected chi connectivity index (χ3v) is 2.73. The maximum Gasteiger partial charge on any atom is 0.186 e. The monoisotopic (exact) mass is 230 g/mol. The topological polar surface area (TPSA) is 62.0 Å². The van der Waals surface area contributed by atoms with Crippen molar-refractivity contribution in [2.45, 2.75) is 26.2 Å². The summed E-state index contributed by atoms with van der Waals surface area (Å²) >= 11 is 0. The number of ketones is 1. The molecule has 0 unspecified atom stereocenters.